The normalized spacial score (nSPS) is 12.2. The summed E-state index contributed by atoms with van der Waals surface area (Å²) in [5.41, 5.74) is 0.319. The maximum atomic E-state index is 13.3. The number of hydrogen-bond acceptors (Lipinski definition) is 2. The van der Waals surface area contributed by atoms with Gasteiger partial charge in [-0.25, -0.2) is 13.2 Å². The summed E-state index contributed by atoms with van der Waals surface area (Å²) in [5, 5.41) is 12.4. The van der Waals surface area contributed by atoms with Crippen LogP contribution in [0.25, 0.3) is 0 Å². The predicted molar refractivity (Wildman–Crippen MR) is 66.2 cm³/mol. The Hall–Kier alpha value is -2.01. The zero-order valence-electron chi connectivity index (χ0n) is 9.91. The number of benzene rings is 2. The molecule has 2 nitrogen and oxygen atoms in total. The maximum Gasteiger partial charge on any atom is 0.181 e. The minimum absolute atomic E-state index is 0.0459. The van der Waals surface area contributed by atoms with Crippen molar-refractivity contribution in [3.63, 3.8) is 0 Å². The van der Waals surface area contributed by atoms with Gasteiger partial charge < -0.3 is 10.4 Å². The van der Waals surface area contributed by atoms with Gasteiger partial charge in [-0.3, -0.25) is 0 Å². The van der Waals surface area contributed by atoms with Gasteiger partial charge in [0.1, 0.15) is 5.82 Å². The van der Waals surface area contributed by atoms with Gasteiger partial charge in [-0.15, -0.1) is 0 Å². The van der Waals surface area contributed by atoms with Crippen LogP contribution in [0.3, 0.4) is 0 Å². The Morgan fingerprint density at radius 3 is 2.53 bits per heavy atom. The van der Waals surface area contributed by atoms with E-state index in [1.54, 1.807) is 6.07 Å². The van der Waals surface area contributed by atoms with Crippen LogP contribution in [-0.4, -0.2) is 11.7 Å². The number of nitrogens with one attached hydrogen (secondary N) is 1. The van der Waals surface area contributed by atoms with Crippen molar-refractivity contribution in [2.45, 2.75) is 6.10 Å². The lowest BCUT2D eigenvalue weighted by molar-refractivity contribution is 0.191. The van der Waals surface area contributed by atoms with Gasteiger partial charge in [-0.05, 0) is 29.8 Å². The molecule has 0 saturated heterocycles. The highest BCUT2D eigenvalue weighted by atomic mass is 19.2. The Morgan fingerprint density at radius 1 is 1.05 bits per heavy atom. The first-order chi connectivity index (χ1) is 9.08. The van der Waals surface area contributed by atoms with Gasteiger partial charge in [0.25, 0.3) is 0 Å². The highest BCUT2D eigenvalue weighted by molar-refractivity contribution is 5.45. The molecule has 0 fully saturated rings. The van der Waals surface area contributed by atoms with E-state index in [2.05, 4.69) is 5.32 Å². The average molecular weight is 267 g/mol. The molecule has 1 atom stereocenters. The highest BCUT2D eigenvalue weighted by Gasteiger charge is 2.11. The summed E-state index contributed by atoms with van der Waals surface area (Å²) in [6.07, 6.45) is -1.02. The summed E-state index contributed by atoms with van der Waals surface area (Å²) < 4.78 is 39.3. The van der Waals surface area contributed by atoms with E-state index >= 15 is 0 Å². The topological polar surface area (TPSA) is 32.3 Å². The van der Waals surface area contributed by atoms with Gasteiger partial charge in [-0.2, -0.15) is 0 Å². The van der Waals surface area contributed by atoms with E-state index in [1.807, 2.05) is 0 Å². The molecular weight excluding hydrogens is 255 g/mol. The number of aliphatic hydroxyl groups is 1. The van der Waals surface area contributed by atoms with E-state index in [0.717, 1.165) is 6.07 Å². The third kappa shape index (κ3) is 3.26. The van der Waals surface area contributed by atoms with Gasteiger partial charge in [0.2, 0.25) is 0 Å². The molecule has 19 heavy (non-hydrogen) atoms. The van der Waals surface area contributed by atoms with E-state index in [-0.39, 0.29) is 12.2 Å². The lowest BCUT2D eigenvalue weighted by atomic mass is 10.1. The molecule has 2 N–H and O–H groups in total. The summed E-state index contributed by atoms with van der Waals surface area (Å²) in [6.45, 7) is -0.0518. The Balaban J connectivity index is 2.04. The molecule has 0 aliphatic rings. The molecule has 2 aromatic carbocycles. The van der Waals surface area contributed by atoms with E-state index in [0.29, 0.717) is 5.56 Å². The molecule has 0 spiro atoms. The van der Waals surface area contributed by atoms with Crippen molar-refractivity contribution in [1.82, 2.24) is 0 Å². The van der Waals surface area contributed by atoms with Crippen LogP contribution in [0.1, 0.15) is 11.7 Å². The summed E-state index contributed by atoms with van der Waals surface area (Å²) in [7, 11) is 0. The summed E-state index contributed by atoms with van der Waals surface area (Å²) in [4.78, 5) is 0. The largest absolute Gasteiger partial charge is 0.387 e. The lowest BCUT2D eigenvalue weighted by Crippen LogP contribution is -2.13. The van der Waals surface area contributed by atoms with Gasteiger partial charge in [0.05, 0.1) is 11.8 Å². The molecule has 0 aliphatic heterocycles. The van der Waals surface area contributed by atoms with Crippen molar-refractivity contribution >= 4 is 5.69 Å². The number of rotatable bonds is 4. The van der Waals surface area contributed by atoms with Gasteiger partial charge in [0, 0.05) is 6.54 Å². The van der Waals surface area contributed by atoms with Crippen LogP contribution in [0.5, 0.6) is 0 Å². The fourth-order valence-corrected chi connectivity index (χ4v) is 1.68. The molecule has 0 saturated carbocycles. The second-order valence-corrected chi connectivity index (χ2v) is 4.05. The summed E-state index contributed by atoms with van der Waals surface area (Å²) in [6, 6.07) is 9.19. The maximum absolute atomic E-state index is 13.3. The fourth-order valence-electron chi connectivity index (χ4n) is 1.68. The van der Waals surface area contributed by atoms with Crippen molar-refractivity contribution in [1.29, 1.82) is 0 Å². The van der Waals surface area contributed by atoms with Gasteiger partial charge in [-0.1, -0.05) is 18.2 Å². The molecule has 0 bridgehead atoms. The molecule has 0 heterocycles. The number of halogens is 3. The van der Waals surface area contributed by atoms with Crippen molar-refractivity contribution < 1.29 is 18.3 Å². The van der Waals surface area contributed by atoms with E-state index in [9.17, 15) is 18.3 Å². The van der Waals surface area contributed by atoms with Crippen molar-refractivity contribution in [2.24, 2.45) is 0 Å². The number of aliphatic hydroxyl groups excluding tert-OH is 1. The smallest absolute Gasteiger partial charge is 0.181 e. The fraction of sp³-hybridized carbons (Fsp3) is 0.143. The van der Waals surface area contributed by atoms with Crippen molar-refractivity contribution in [2.75, 3.05) is 11.9 Å². The second kappa shape index (κ2) is 5.75. The first-order valence-electron chi connectivity index (χ1n) is 5.69. The Morgan fingerprint density at radius 2 is 1.79 bits per heavy atom. The van der Waals surface area contributed by atoms with Crippen LogP contribution >= 0.6 is 0 Å². The number of hydrogen-bond donors (Lipinski definition) is 2. The zero-order chi connectivity index (χ0) is 13.8. The minimum atomic E-state index is -1.02. The standard InChI is InChI=1S/C14H12F3NO/c15-10-4-1-3-9(7-10)13(19)8-18-12-6-2-5-11(16)14(12)17/h1-7,13,18-19H,8H2. The lowest BCUT2D eigenvalue weighted by Gasteiger charge is -2.13. The molecule has 1 unspecified atom stereocenters. The Labute approximate surface area is 108 Å². The average Bonchev–Trinajstić information content (AvgIpc) is 2.40. The zero-order valence-corrected chi connectivity index (χ0v) is 9.91. The molecule has 0 aliphatic carbocycles. The van der Waals surface area contributed by atoms with Gasteiger partial charge >= 0.3 is 0 Å². The predicted octanol–water partition coefficient (Wildman–Crippen LogP) is 3.25. The Bertz CT molecular complexity index is 574. The van der Waals surface area contributed by atoms with Crippen LogP contribution < -0.4 is 5.32 Å². The van der Waals surface area contributed by atoms with E-state index in [1.165, 1.54) is 30.3 Å². The molecule has 100 valence electrons. The van der Waals surface area contributed by atoms with Gasteiger partial charge in [0.15, 0.2) is 11.6 Å². The third-order valence-corrected chi connectivity index (χ3v) is 2.67. The van der Waals surface area contributed by atoms with E-state index < -0.39 is 23.6 Å². The van der Waals surface area contributed by atoms with Crippen LogP contribution in [0.4, 0.5) is 18.9 Å². The minimum Gasteiger partial charge on any atom is -0.387 e. The first kappa shape index (κ1) is 13.4. The van der Waals surface area contributed by atoms with Crippen LogP contribution in [0, 0.1) is 17.5 Å². The third-order valence-electron chi connectivity index (χ3n) is 2.67. The SMILES string of the molecule is OC(CNc1cccc(F)c1F)c1cccc(F)c1. The van der Waals surface area contributed by atoms with E-state index in [4.69, 9.17) is 0 Å². The van der Waals surface area contributed by atoms with Crippen molar-refractivity contribution in [3.05, 3.63) is 65.5 Å². The highest BCUT2D eigenvalue weighted by Crippen LogP contribution is 2.19. The Kier molecular flexibility index (Phi) is 4.06. The molecule has 2 aromatic rings. The molecule has 0 aromatic heterocycles. The quantitative estimate of drug-likeness (QED) is 0.891. The number of anilines is 1. The first-order valence-corrected chi connectivity index (χ1v) is 5.69. The summed E-state index contributed by atoms with van der Waals surface area (Å²) in [5.74, 6) is -2.44. The van der Waals surface area contributed by atoms with Crippen LogP contribution in [0.15, 0.2) is 42.5 Å². The van der Waals surface area contributed by atoms with Crippen LogP contribution in [-0.2, 0) is 0 Å². The molecule has 2 rings (SSSR count). The molecular formula is C14H12F3NO. The summed E-state index contributed by atoms with van der Waals surface area (Å²) >= 11 is 0. The second-order valence-electron chi connectivity index (χ2n) is 4.05. The molecule has 0 radical (unpaired) electrons. The molecule has 0 amide bonds. The molecule has 5 heteroatoms. The monoisotopic (exact) mass is 267 g/mol. The van der Waals surface area contributed by atoms with Crippen LogP contribution in [0.2, 0.25) is 0 Å². The van der Waals surface area contributed by atoms with Crippen molar-refractivity contribution in [3.8, 4) is 0 Å².